The van der Waals surface area contributed by atoms with Crippen LogP contribution in [0.4, 0.5) is 23.2 Å². The Morgan fingerprint density at radius 1 is 1.14 bits per heavy atom. The first kappa shape index (κ1) is 16.3. The Bertz CT molecular complexity index is 728. The summed E-state index contributed by atoms with van der Waals surface area (Å²) in [5, 5.41) is 2.93. The van der Waals surface area contributed by atoms with E-state index in [1.165, 1.54) is 12.1 Å². The number of amides is 1. The number of alkyl halides is 3. The molecule has 2 nitrogen and oxygen atoms in total. The van der Waals surface area contributed by atoms with Gasteiger partial charge in [0.2, 0.25) is 0 Å². The standard InChI is InChI=1S/C15H10ClF4NO/c1-8-6-10(16)3-5-13(8)21-14(22)9-2-4-12(17)11(7-9)15(18,19)20/h2-7H,1H3,(H,21,22). The molecule has 7 heteroatoms. The highest BCUT2D eigenvalue weighted by molar-refractivity contribution is 6.30. The Hall–Kier alpha value is -2.08. The molecule has 0 heterocycles. The third kappa shape index (κ3) is 3.57. The van der Waals surface area contributed by atoms with Crippen LogP contribution in [0.1, 0.15) is 21.5 Å². The van der Waals surface area contributed by atoms with E-state index in [0.29, 0.717) is 28.4 Å². The molecular weight excluding hydrogens is 322 g/mol. The zero-order valence-corrected chi connectivity index (χ0v) is 12.0. The van der Waals surface area contributed by atoms with Crippen molar-refractivity contribution in [2.75, 3.05) is 5.32 Å². The first-order valence-electron chi connectivity index (χ1n) is 6.13. The number of nitrogens with one attached hydrogen (secondary N) is 1. The lowest BCUT2D eigenvalue weighted by molar-refractivity contribution is -0.140. The van der Waals surface area contributed by atoms with E-state index in [1.54, 1.807) is 13.0 Å². The van der Waals surface area contributed by atoms with Gasteiger partial charge in [0, 0.05) is 16.3 Å². The molecule has 0 aliphatic heterocycles. The lowest BCUT2D eigenvalue weighted by Gasteiger charge is -2.11. The second kappa shape index (κ2) is 5.96. The van der Waals surface area contributed by atoms with Crippen molar-refractivity contribution < 1.29 is 22.4 Å². The number of hydrogen-bond acceptors (Lipinski definition) is 1. The second-order valence-electron chi connectivity index (χ2n) is 4.61. The Labute approximate surface area is 128 Å². The van der Waals surface area contributed by atoms with Gasteiger partial charge in [0.25, 0.3) is 5.91 Å². The van der Waals surface area contributed by atoms with Gasteiger partial charge in [-0.05, 0) is 48.9 Å². The maximum absolute atomic E-state index is 13.2. The Kier molecular flexibility index (Phi) is 4.42. The van der Waals surface area contributed by atoms with E-state index >= 15 is 0 Å². The van der Waals surface area contributed by atoms with Crippen LogP contribution in [0.25, 0.3) is 0 Å². The topological polar surface area (TPSA) is 29.1 Å². The van der Waals surface area contributed by atoms with E-state index in [4.69, 9.17) is 11.6 Å². The van der Waals surface area contributed by atoms with Crippen LogP contribution in [-0.2, 0) is 6.18 Å². The van der Waals surface area contributed by atoms with Gasteiger partial charge in [-0.3, -0.25) is 4.79 Å². The predicted molar refractivity (Wildman–Crippen MR) is 75.5 cm³/mol. The smallest absolute Gasteiger partial charge is 0.322 e. The molecule has 0 aromatic heterocycles. The number of carbonyl (C=O) groups is 1. The Morgan fingerprint density at radius 2 is 1.82 bits per heavy atom. The summed E-state index contributed by atoms with van der Waals surface area (Å²) in [6, 6.07) is 6.76. The fraction of sp³-hybridized carbons (Fsp3) is 0.133. The molecule has 0 radical (unpaired) electrons. The van der Waals surface area contributed by atoms with Crippen molar-refractivity contribution in [3.05, 3.63) is 63.9 Å². The summed E-state index contributed by atoms with van der Waals surface area (Å²) in [5.74, 6) is -2.19. The van der Waals surface area contributed by atoms with Crippen LogP contribution in [0.2, 0.25) is 5.02 Å². The van der Waals surface area contributed by atoms with Crippen LogP contribution in [0.15, 0.2) is 36.4 Å². The van der Waals surface area contributed by atoms with Gasteiger partial charge in [0.1, 0.15) is 5.82 Å². The van der Waals surface area contributed by atoms with Crippen molar-refractivity contribution in [2.45, 2.75) is 13.1 Å². The molecule has 0 aliphatic rings. The normalized spacial score (nSPS) is 11.4. The quantitative estimate of drug-likeness (QED) is 0.766. The maximum Gasteiger partial charge on any atom is 0.419 e. The summed E-state index contributed by atoms with van der Waals surface area (Å²) in [7, 11) is 0. The van der Waals surface area contributed by atoms with Crippen molar-refractivity contribution in [2.24, 2.45) is 0 Å². The fourth-order valence-electron chi connectivity index (χ4n) is 1.85. The average molecular weight is 332 g/mol. The van der Waals surface area contributed by atoms with E-state index in [2.05, 4.69) is 5.32 Å². The average Bonchev–Trinajstić information content (AvgIpc) is 2.41. The maximum atomic E-state index is 13.2. The van der Waals surface area contributed by atoms with Gasteiger partial charge in [0.05, 0.1) is 5.56 Å². The molecule has 1 N–H and O–H groups in total. The first-order valence-corrected chi connectivity index (χ1v) is 6.50. The Morgan fingerprint density at radius 3 is 2.41 bits per heavy atom. The minimum atomic E-state index is -4.86. The molecule has 0 fully saturated rings. The summed E-state index contributed by atoms with van der Waals surface area (Å²) < 4.78 is 51.1. The lowest BCUT2D eigenvalue weighted by atomic mass is 10.1. The molecule has 116 valence electrons. The minimum Gasteiger partial charge on any atom is -0.322 e. The molecule has 2 aromatic carbocycles. The van der Waals surface area contributed by atoms with Crippen LogP contribution in [-0.4, -0.2) is 5.91 Å². The molecule has 0 saturated heterocycles. The first-order chi connectivity index (χ1) is 10.2. The highest BCUT2D eigenvalue weighted by atomic mass is 35.5. The Balaban J connectivity index is 2.30. The summed E-state index contributed by atoms with van der Waals surface area (Å²) in [6.45, 7) is 1.69. The van der Waals surface area contributed by atoms with E-state index in [9.17, 15) is 22.4 Å². The summed E-state index contributed by atoms with van der Waals surface area (Å²) in [6.07, 6.45) is -4.86. The number of benzene rings is 2. The van der Waals surface area contributed by atoms with Crippen molar-refractivity contribution in [1.82, 2.24) is 0 Å². The second-order valence-corrected chi connectivity index (χ2v) is 5.04. The van der Waals surface area contributed by atoms with Crippen molar-refractivity contribution in [3.63, 3.8) is 0 Å². The van der Waals surface area contributed by atoms with Crippen LogP contribution in [0.5, 0.6) is 0 Å². The molecule has 0 aliphatic carbocycles. The summed E-state index contributed by atoms with van der Waals surface area (Å²) in [5.41, 5.74) is -0.706. The minimum absolute atomic E-state index is 0.289. The molecule has 1 amide bonds. The zero-order valence-electron chi connectivity index (χ0n) is 11.3. The van der Waals surface area contributed by atoms with Gasteiger partial charge in [-0.25, -0.2) is 4.39 Å². The predicted octanol–water partition coefficient (Wildman–Crippen LogP) is 5.06. The molecule has 2 aromatic rings. The van der Waals surface area contributed by atoms with Crippen LogP contribution in [0.3, 0.4) is 0 Å². The van der Waals surface area contributed by atoms with E-state index < -0.39 is 23.5 Å². The van der Waals surface area contributed by atoms with Crippen molar-refractivity contribution in [3.8, 4) is 0 Å². The van der Waals surface area contributed by atoms with E-state index in [-0.39, 0.29) is 5.56 Å². The highest BCUT2D eigenvalue weighted by Gasteiger charge is 2.34. The van der Waals surface area contributed by atoms with Gasteiger partial charge in [-0.2, -0.15) is 13.2 Å². The molecule has 2 rings (SSSR count). The van der Waals surface area contributed by atoms with Crippen LogP contribution in [0, 0.1) is 12.7 Å². The highest BCUT2D eigenvalue weighted by Crippen LogP contribution is 2.32. The summed E-state index contributed by atoms with van der Waals surface area (Å²) in [4.78, 5) is 12.0. The van der Waals surface area contributed by atoms with E-state index in [1.807, 2.05) is 0 Å². The van der Waals surface area contributed by atoms with E-state index in [0.717, 1.165) is 6.07 Å². The van der Waals surface area contributed by atoms with Gasteiger partial charge in [-0.15, -0.1) is 0 Å². The number of anilines is 1. The third-order valence-corrected chi connectivity index (χ3v) is 3.21. The number of carbonyl (C=O) groups excluding carboxylic acids is 1. The van der Waals surface area contributed by atoms with Gasteiger partial charge in [-0.1, -0.05) is 11.6 Å². The number of hydrogen-bond donors (Lipinski definition) is 1. The van der Waals surface area contributed by atoms with Crippen molar-refractivity contribution >= 4 is 23.2 Å². The number of rotatable bonds is 2. The van der Waals surface area contributed by atoms with Gasteiger partial charge in [0.15, 0.2) is 0 Å². The zero-order chi connectivity index (χ0) is 16.5. The molecule has 0 spiro atoms. The van der Waals surface area contributed by atoms with Crippen molar-refractivity contribution in [1.29, 1.82) is 0 Å². The molecule has 0 saturated carbocycles. The molecule has 0 unspecified atom stereocenters. The molecule has 22 heavy (non-hydrogen) atoms. The number of aryl methyl sites for hydroxylation is 1. The monoisotopic (exact) mass is 331 g/mol. The largest absolute Gasteiger partial charge is 0.419 e. The van der Waals surface area contributed by atoms with Crippen LogP contribution >= 0.6 is 11.6 Å². The summed E-state index contributed by atoms with van der Waals surface area (Å²) >= 11 is 5.78. The molecule has 0 bridgehead atoms. The molecule has 0 atom stereocenters. The van der Waals surface area contributed by atoms with Crippen LogP contribution < -0.4 is 5.32 Å². The van der Waals surface area contributed by atoms with Gasteiger partial charge < -0.3 is 5.32 Å². The fourth-order valence-corrected chi connectivity index (χ4v) is 2.07. The number of halogens is 5. The molecular formula is C15H10ClF4NO. The lowest BCUT2D eigenvalue weighted by Crippen LogP contribution is -2.15. The van der Waals surface area contributed by atoms with Gasteiger partial charge >= 0.3 is 6.18 Å². The SMILES string of the molecule is Cc1cc(Cl)ccc1NC(=O)c1ccc(F)c(C(F)(F)F)c1. The third-order valence-electron chi connectivity index (χ3n) is 2.97.